The molecule has 1 amide bonds. The van der Waals surface area contributed by atoms with E-state index in [9.17, 15) is 9.59 Å². The smallest absolute Gasteiger partial charge is 0.348 e. The lowest BCUT2D eigenvalue weighted by atomic mass is 10.1. The molecule has 1 aliphatic rings. The third kappa shape index (κ3) is 3.43. The van der Waals surface area contributed by atoms with Crippen LogP contribution in [0.3, 0.4) is 0 Å². The molecule has 0 saturated heterocycles. The Morgan fingerprint density at radius 1 is 1.42 bits per heavy atom. The molecule has 1 aromatic carbocycles. The molecule has 1 aromatic heterocycles. The van der Waals surface area contributed by atoms with Crippen molar-refractivity contribution in [1.82, 2.24) is 14.9 Å². The van der Waals surface area contributed by atoms with Crippen molar-refractivity contribution < 1.29 is 4.79 Å². The molecule has 1 unspecified atom stereocenters. The minimum Gasteiger partial charge on any atom is -0.373 e. The van der Waals surface area contributed by atoms with Gasteiger partial charge in [-0.15, -0.1) is 0 Å². The van der Waals surface area contributed by atoms with Crippen LogP contribution in [0.1, 0.15) is 17.0 Å². The Morgan fingerprint density at radius 2 is 2.21 bits per heavy atom. The third-order valence-corrected chi connectivity index (χ3v) is 4.35. The van der Waals surface area contributed by atoms with Crippen molar-refractivity contribution in [1.29, 1.82) is 0 Å². The number of hydrogen-bond acceptors (Lipinski definition) is 4. The number of carbonyl (C=O) groups is 1. The molecule has 0 radical (unpaired) electrons. The number of anilines is 1. The fraction of sp³-hybridized carbons (Fsp3) is 0.353. The first-order chi connectivity index (χ1) is 11.4. The van der Waals surface area contributed by atoms with Crippen molar-refractivity contribution in [2.45, 2.75) is 32.9 Å². The summed E-state index contributed by atoms with van der Waals surface area (Å²) >= 11 is 5.98. The zero-order chi connectivity index (χ0) is 17.3. The van der Waals surface area contributed by atoms with Crippen LogP contribution in [0.5, 0.6) is 0 Å². The standard InChI is InChI=1S/C17H19ClN4O2/c1-10-7-11(2)22(17(24)20-10)6-5-19-16(23)15-9-12-8-13(18)3-4-14(12)21-15/h3-4,7-8,15,21H,5-6,9H2,1-2H3,(H,19,23). The second-order valence-corrected chi connectivity index (χ2v) is 6.40. The quantitative estimate of drug-likeness (QED) is 0.883. The van der Waals surface area contributed by atoms with Crippen LogP contribution in [0, 0.1) is 13.8 Å². The Kier molecular flexibility index (Phi) is 4.57. The molecule has 0 aliphatic carbocycles. The first-order valence-corrected chi connectivity index (χ1v) is 8.19. The van der Waals surface area contributed by atoms with Gasteiger partial charge in [-0.05, 0) is 43.7 Å². The number of halogens is 1. The van der Waals surface area contributed by atoms with E-state index >= 15 is 0 Å². The summed E-state index contributed by atoms with van der Waals surface area (Å²) in [6.45, 7) is 4.42. The van der Waals surface area contributed by atoms with Crippen molar-refractivity contribution in [3.63, 3.8) is 0 Å². The molecule has 2 aromatic rings. The van der Waals surface area contributed by atoms with Crippen molar-refractivity contribution in [3.8, 4) is 0 Å². The SMILES string of the molecule is Cc1cc(C)n(CCNC(=O)C2Cc3cc(Cl)ccc3N2)c(=O)n1. The molecule has 1 atom stereocenters. The molecule has 7 heteroatoms. The highest BCUT2D eigenvalue weighted by Gasteiger charge is 2.26. The lowest BCUT2D eigenvalue weighted by molar-refractivity contribution is -0.121. The first kappa shape index (κ1) is 16.5. The van der Waals surface area contributed by atoms with Crippen LogP contribution in [0.25, 0.3) is 0 Å². The van der Waals surface area contributed by atoms with Crippen molar-refractivity contribution >= 4 is 23.2 Å². The molecule has 2 N–H and O–H groups in total. The van der Waals surface area contributed by atoms with E-state index in [-0.39, 0.29) is 17.6 Å². The van der Waals surface area contributed by atoms with Crippen molar-refractivity contribution in [2.24, 2.45) is 0 Å². The predicted molar refractivity (Wildman–Crippen MR) is 93.5 cm³/mol. The molecular weight excluding hydrogens is 328 g/mol. The van der Waals surface area contributed by atoms with Crippen LogP contribution in [0.15, 0.2) is 29.1 Å². The van der Waals surface area contributed by atoms with Crippen LogP contribution < -0.4 is 16.3 Å². The Hall–Kier alpha value is -2.34. The van der Waals surface area contributed by atoms with Gasteiger partial charge in [0.15, 0.2) is 0 Å². The van der Waals surface area contributed by atoms with E-state index in [1.165, 1.54) is 0 Å². The molecule has 3 rings (SSSR count). The highest BCUT2D eigenvalue weighted by Crippen LogP contribution is 2.28. The number of aryl methyl sites for hydroxylation is 2. The van der Waals surface area contributed by atoms with Gasteiger partial charge in [-0.1, -0.05) is 11.6 Å². The average Bonchev–Trinajstić information content (AvgIpc) is 2.92. The van der Waals surface area contributed by atoms with Crippen LogP contribution in [0.4, 0.5) is 5.69 Å². The number of rotatable bonds is 4. The summed E-state index contributed by atoms with van der Waals surface area (Å²) in [6, 6.07) is 7.09. The Bertz CT molecular complexity index is 847. The van der Waals surface area contributed by atoms with Gasteiger partial charge >= 0.3 is 5.69 Å². The number of amides is 1. The lowest BCUT2D eigenvalue weighted by Crippen LogP contribution is -2.41. The minimum absolute atomic E-state index is 0.0897. The second-order valence-electron chi connectivity index (χ2n) is 5.97. The topological polar surface area (TPSA) is 76.0 Å². The summed E-state index contributed by atoms with van der Waals surface area (Å²) in [7, 11) is 0. The van der Waals surface area contributed by atoms with E-state index in [0.717, 1.165) is 16.9 Å². The fourth-order valence-corrected chi connectivity index (χ4v) is 3.14. The summed E-state index contributed by atoms with van der Waals surface area (Å²) < 4.78 is 1.56. The van der Waals surface area contributed by atoms with Crippen LogP contribution in [-0.4, -0.2) is 28.0 Å². The second kappa shape index (κ2) is 6.65. The molecular formula is C17H19ClN4O2. The monoisotopic (exact) mass is 346 g/mol. The summed E-state index contributed by atoms with van der Waals surface area (Å²) in [6.07, 6.45) is 0.604. The number of benzene rings is 1. The highest BCUT2D eigenvalue weighted by molar-refractivity contribution is 6.30. The van der Waals surface area contributed by atoms with E-state index in [2.05, 4.69) is 15.6 Å². The molecule has 0 bridgehead atoms. The fourth-order valence-electron chi connectivity index (χ4n) is 2.95. The van der Waals surface area contributed by atoms with Gasteiger partial charge in [0, 0.05) is 41.6 Å². The average molecular weight is 347 g/mol. The molecule has 126 valence electrons. The Morgan fingerprint density at radius 3 is 2.96 bits per heavy atom. The van der Waals surface area contributed by atoms with Crippen LogP contribution in [0.2, 0.25) is 5.02 Å². The van der Waals surface area contributed by atoms with Gasteiger partial charge in [0.1, 0.15) is 6.04 Å². The van der Waals surface area contributed by atoms with Crippen molar-refractivity contribution in [2.75, 3.05) is 11.9 Å². The lowest BCUT2D eigenvalue weighted by Gasteiger charge is -2.14. The molecule has 0 saturated carbocycles. The molecule has 0 fully saturated rings. The Labute approximate surface area is 144 Å². The normalized spacial score (nSPS) is 15.7. The molecule has 2 heterocycles. The maximum atomic E-state index is 12.3. The van der Waals surface area contributed by atoms with Gasteiger partial charge in [0.05, 0.1) is 0 Å². The summed E-state index contributed by atoms with van der Waals surface area (Å²) in [5, 5.41) is 6.72. The maximum Gasteiger partial charge on any atom is 0.348 e. The van der Waals surface area contributed by atoms with Crippen LogP contribution in [-0.2, 0) is 17.8 Å². The molecule has 6 nitrogen and oxygen atoms in total. The predicted octanol–water partition coefficient (Wildman–Crippen LogP) is 1.67. The zero-order valence-corrected chi connectivity index (χ0v) is 14.4. The van der Waals surface area contributed by atoms with Crippen molar-refractivity contribution in [3.05, 3.63) is 56.7 Å². The van der Waals surface area contributed by atoms with Gasteiger partial charge in [-0.3, -0.25) is 9.36 Å². The number of carbonyl (C=O) groups excluding carboxylic acids is 1. The van der Waals surface area contributed by atoms with E-state index in [0.29, 0.717) is 30.2 Å². The minimum atomic E-state index is -0.313. The summed E-state index contributed by atoms with van der Waals surface area (Å²) in [4.78, 5) is 28.1. The Balaban J connectivity index is 1.57. The number of aromatic nitrogens is 2. The van der Waals surface area contributed by atoms with E-state index in [1.54, 1.807) is 17.6 Å². The zero-order valence-electron chi connectivity index (χ0n) is 13.6. The third-order valence-electron chi connectivity index (χ3n) is 4.12. The first-order valence-electron chi connectivity index (χ1n) is 7.82. The number of fused-ring (bicyclic) bond motifs is 1. The van der Waals surface area contributed by atoms with Gasteiger partial charge in [0.25, 0.3) is 0 Å². The molecule has 1 aliphatic heterocycles. The van der Waals surface area contributed by atoms with E-state index in [4.69, 9.17) is 11.6 Å². The molecule has 0 spiro atoms. The van der Waals surface area contributed by atoms with Gasteiger partial charge in [-0.2, -0.15) is 4.98 Å². The highest BCUT2D eigenvalue weighted by atomic mass is 35.5. The van der Waals surface area contributed by atoms with E-state index in [1.807, 2.05) is 25.1 Å². The number of nitrogens with one attached hydrogen (secondary N) is 2. The summed E-state index contributed by atoms with van der Waals surface area (Å²) in [5.41, 5.74) is 3.22. The summed E-state index contributed by atoms with van der Waals surface area (Å²) in [5.74, 6) is -0.0897. The van der Waals surface area contributed by atoms with Crippen LogP contribution >= 0.6 is 11.6 Å². The van der Waals surface area contributed by atoms with Gasteiger partial charge in [0.2, 0.25) is 5.91 Å². The van der Waals surface area contributed by atoms with Gasteiger partial charge in [-0.25, -0.2) is 4.79 Å². The number of hydrogen-bond donors (Lipinski definition) is 2. The largest absolute Gasteiger partial charge is 0.373 e. The van der Waals surface area contributed by atoms with E-state index < -0.39 is 0 Å². The van der Waals surface area contributed by atoms with Gasteiger partial charge < -0.3 is 10.6 Å². The molecule has 24 heavy (non-hydrogen) atoms. The number of nitrogens with zero attached hydrogens (tertiary/aromatic N) is 2. The maximum absolute atomic E-state index is 12.3.